The summed E-state index contributed by atoms with van der Waals surface area (Å²) < 4.78 is 1.88. The molecule has 5 heteroatoms. The van der Waals surface area contributed by atoms with E-state index in [9.17, 15) is 0 Å². The van der Waals surface area contributed by atoms with Crippen molar-refractivity contribution in [2.24, 2.45) is 5.92 Å². The molecule has 0 amide bonds. The molecule has 3 heterocycles. The van der Waals surface area contributed by atoms with E-state index in [1.165, 1.54) is 32.5 Å². The van der Waals surface area contributed by atoms with Gasteiger partial charge in [0.25, 0.3) is 0 Å². The van der Waals surface area contributed by atoms with Crippen molar-refractivity contribution in [2.45, 2.75) is 26.7 Å². The van der Waals surface area contributed by atoms with E-state index in [1.807, 2.05) is 17.6 Å². The Bertz CT molecular complexity index is 571. The van der Waals surface area contributed by atoms with Gasteiger partial charge in [0, 0.05) is 25.5 Å². The van der Waals surface area contributed by atoms with E-state index >= 15 is 0 Å². The van der Waals surface area contributed by atoms with Crippen molar-refractivity contribution in [3.8, 4) is 0 Å². The van der Waals surface area contributed by atoms with E-state index in [0.717, 1.165) is 23.6 Å². The topological polar surface area (TPSA) is 45.5 Å². The van der Waals surface area contributed by atoms with Gasteiger partial charge in [0.2, 0.25) is 0 Å². The molecule has 0 aliphatic carbocycles. The number of aromatic nitrogens is 3. The molecule has 1 aliphatic heterocycles. The Labute approximate surface area is 120 Å². The lowest BCUT2D eigenvalue weighted by Crippen LogP contribution is -2.29. The molecule has 1 unspecified atom stereocenters. The summed E-state index contributed by atoms with van der Waals surface area (Å²) in [6, 6.07) is 2.07. The van der Waals surface area contributed by atoms with Gasteiger partial charge in [-0.15, -0.1) is 0 Å². The summed E-state index contributed by atoms with van der Waals surface area (Å²) in [6.07, 6.45) is 6.40. The zero-order valence-electron chi connectivity index (χ0n) is 12.3. The van der Waals surface area contributed by atoms with Crippen molar-refractivity contribution in [1.29, 1.82) is 0 Å². The molecule has 1 N–H and O–H groups in total. The van der Waals surface area contributed by atoms with Crippen LogP contribution >= 0.6 is 0 Å². The molecule has 20 heavy (non-hydrogen) atoms. The molecule has 5 nitrogen and oxygen atoms in total. The third kappa shape index (κ3) is 2.93. The molecule has 1 atom stereocenters. The first-order valence-corrected chi connectivity index (χ1v) is 7.49. The fraction of sp³-hybridized carbons (Fsp3) is 0.600. The van der Waals surface area contributed by atoms with Gasteiger partial charge in [-0.25, -0.2) is 9.50 Å². The second-order valence-corrected chi connectivity index (χ2v) is 5.89. The average molecular weight is 273 g/mol. The first-order valence-electron chi connectivity index (χ1n) is 7.49. The molecule has 108 valence electrons. The maximum absolute atomic E-state index is 4.44. The normalized spacial score (nSPS) is 17.7. The highest BCUT2D eigenvalue weighted by molar-refractivity contribution is 5.67. The van der Waals surface area contributed by atoms with Gasteiger partial charge < -0.3 is 10.2 Å². The smallest absolute Gasteiger partial charge is 0.152 e. The van der Waals surface area contributed by atoms with E-state index < -0.39 is 0 Å². The molecule has 2 aromatic heterocycles. The zero-order chi connectivity index (χ0) is 13.9. The number of nitrogens with one attached hydrogen (secondary N) is 1. The van der Waals surface area contributed by atoms with Crippen LogP contribution in [0.1, 0.15) is 25.5 Å². The van der Waals surface area contributed by atoms with Gasteiger partial charge in [0.1, 0.15) is 5.52 Å². The van der Waals surface area contributed by atoms with Gasteiger partial charge in [-0.3, -0.25) is 0 Å². The first kappa shape index (κ1) is 13.4. The molecule has 2 aromatic rings. The van der Waals surface area contributed by atoms with Gasteiger partial charge in [0.05, 0.1) is 5.69 Å². The average Bonchev–Trinajstić information content (AvgIpc) is 3.04. The number of hydrogen-bond donors (Lipinski definition) is 1. The lowest BCUT2D eigenvalue weighted by molar-refractivity contribution is 0.294. The number of likely N-dealkylation sites (tertiary alicyclic amines) is 1. The van der Waals surface area contributed by atoms with Crippen LogP contribution in [0.2, 0.25) is 0 Å². The highest BCUT2D eigenvalue weighted by atomic mass is 15.2. The quantitative estimate of drug-likeness (QED) is 0.907. The molecule has 1 aliphatic rings. The van der Waals surface area contributed by atoms with Crippen LogP contribution in [0.25, 0.3) is 5.52 Å². The van der Waals surface area contributed by atoms with Crippen LogP contribution in [0.15, 0.2) is 18.5 Å². The van der Waals surface area contributed by atoms with E-state index in [-0.39, 0.29) is 0 Å². The van der Waals surface area contributed by atoms with Gasteiger partial charge in [-0.1, -0.05) is 6.92 Å². The van der Waals surface area contributed by atoms with Crippen molar-refractivity contribution in [2.75, 3.05) is 31.5 Å². The Morgan fingerprint density at radius 3 is 2.95 bits per heavy atom. The maximum atomic E-state index is 4.44. The van der Waals surface area contributed by atoms with Gasteiger partial charge >= 0.3 is 0 Å². The summed E-state index contributed by atoms with van der Waals surface area (Å²) in [7, 11) is 0. The molecular formula is C15H23N5. The number of nitrogens with zero attached hydrogens (tertiary/aromatic N) is 4. The van der Waals surface area contributed by atoms with Crippen LogP contribution in [0, 0.1) is 12.8 Å². The van der Waals surface area contributed by atoms with E-state index in [0.29, 0.717) is 5.92 Å². The molecule has 0 saturated carbocycles. The van der Waals surface area contributed by atoms with Crippen LogP contribution in [-0.2, 0) is 0 Å². The summed E-state index contributed by atoms with van der Waals surface area (Å²) in [5, 5.41) is 7.89. The van der Waals surface area contributed by atoms with Crippen molar-refractivity contribution < 1.29 is 0 Å². The SMILES string of the molecule is Cc1cc2c(NCC(C)CN3CCCC3)nccn2n1. The standard InChI is InChI=1S/C15H23N5/c1-12(11-19-6-3-4-7-19)10-17-15-14-9-13(2)18-20(14)8-5-16-15/h5,8-9,12H,3-4,6-7,10-11H2,1-2H3,(H,16,17). The maximum Gasteiger partial charge on any atom is 0.152 e. The van der Waals surface area contributed by atoms with E-state index in [1.54, 1.807) is 6.20 Å². The van der Waals surface area contributed by atoms with Gasteiger partial charge in [-0.05, 0) is 44.8 Å². The Kier molecular flexibility index (Phi) is 3.87. The highest BCUT2D eigenvalue weighted by Gasteiger charge is 2.15. The highest BCUT2D eigenvalue weighted by Crippen LogP contribution is 2.16. The van der Waals surface area contributed by atoms with Gasteiger partial charge in [-0.2, -0.15) is 5.10 Å². The Hall–Kier alpha value is -1.62. The van der Waals surface area contributed by atoms with Crippen molar-refractivity contribution >= 4 is 11.3 Å². The summed E-state index contributed by atoms with van der Waals surface area (Å²) >= 11 is 0. The molecule has 1 saturated heterocycles. The minimum absolute atomic E-state index is 0.624. The summed E-state index contributed by atoms with van der Waals surface area (Å²) in [5.41, 5.74) is 2.07. The second-order valence-electron chi connectivity index (χ2n) is 5.89. The Balaban J connectivity index is 1.61. The zero-order valence-corrected chi connectivity index (χ0v) is 12.3. The second kappa shape index (κ2) is 5.79. The summed E-state index contributed by atoms with van der Waals surface area (Å²) in [4.78, 5) is 7.00. The molecule has 0 aromatic carbocycles. The minimum atomic E-state index is 0.624. The predicted molar refractivity (Wildman–Crippen MR) is 81.1 cm³/mol. The fourth-order valence-corrected chi connectivity index (χ4v) is 2.92. The Morgan fingerprint density at radius 1 is 1.35 bits per heavy atom. The number of rotatable bonds is 5. The molecule has 0 radical (unpaired) electrons. The summed E-state index contributed by atoms with van der Waals surface area (Å²) in [6.45, 7) is 8.96. The fourth-order valence-electron chi connectivity index (χ4n) is 2.92. The van der Waals surface area contributed by atoms with Crippen molar-refractivity contribution in [3.05, 3.63) is 24.2 Å². The van der Waals surface area contributed by atoms with Crippen molar-refractivity contribution in [1.82, 2.24) is 19.5 Å². The molecule has 0 bridgehead atoms. The van der Waals surface area contributed by atoms with Crippen LogP contribution in [-0.4, -0.2) is 45.7 Å². The number of aryl methyl sites for hydroxylation is 1. The van der Waals surface area contributed by atoms with Crippen LogP contribution in [0.3, 0.4) is 0 Å². The number of anilines is 1. The summed E-state index contributed by atoms with van der Waals surface area (Å²) in [5.74, 6) is 1.56. The van der Waals surface area contributed by atoms with Crippen LogP contribution in [0.5, 0.6) is 0 Å². The largest absolute Gasteiger partial charge is 0.368 e. The lowest BCUT2D eigenvalue weighted by atomic mass is 10.1. The first-order chi connectivity index (χ1) is 9.72. The third-order valence-corrected chi connectivity index (χ3v) is 3.90. The molecular weight excluding hydrogens is 250 g/mol. The molecule has 1 fully saturated rings. The minimum Gasteiger partial charge on any atom is -0.368 e. The van der Waals surface area contributed by atoms with Crippen molar-refractivity contribution in [3.63, 3.8) is 0 Å². The third-order valence-electron chi connectivity index (χ3n) is 3.90. The predicted octanol–water partition coefficient (Wildman–Crippen LogP) is 2.18. The van der Waals surface area contributed by atoms with Crippen LogP contribution < -0.4 is 5.32 Å². The number of fused-ring (bicyclic) bond motifs is 1. The molecule has 0 spiro atoms. The monoisotopic (exact) mass is 273 g/mol. The van der Waals surface area contributed by atoms with E-state index in [4.69, 9.17) is 0 Å². The molecule has 3 rings (SSSR count). The van der Waals surface area contributed by atoms with Gasteiger partial charge in [0.15, 0.2) is 5.82 Å². The van der Waals surface area contributed by atoms with Crippen LogP contribution in [0.4, 0.5) is 5.82 Å². The number of hydrogen-bond acceptors (Lipinski definition) is 4. The lowest BCUT2D eigenvalue weighted by Gasteiger charge is -2.20. The Morgan fingerprint density at radius 2 is 2.15 bits per heavy atom. The van der Waals surface area contributed by atoms with E-state index in [2.05, 4.69) is 33.3 Å².